The number of piperidine rings is 1. The molecule has 1 unspecified atom stereocenters. The lowest BCUT2D eigenvalue weighted by atomic mass is 10.0. The molecule has 1 saturated heterocycles. The first-order chi connectivity index (χ1) is 13.4. The van der Waals surface area contributed by atoms with Crippen LogP contribution in [0.25, 0.3) is 0 Å². The average molecular weight is 388 g/mol. The fourth-order valence-electron chi connectivity index (χ4n) is 4.53. The maximum atomic E-state index is 14.3. The lowest BCUT2D eigenvalue weighted by molar-refractivity contribution is -0.136. The highest BCUT2D eigenvalue weighted by atomic mass is 19.1. The Morgan fingerprint density at radius 3 is 2.82 bits per heavy atom. The number of carbonyl (C=O) groups excluding carboxylic acids is 3. The zero-order valence-electron chi connectivity index (χ0n) is 15.7. The monoisotopic (exact) mass is 388 g/mol. The van der Waals surface area contributed by atoms with Crippen LogP contribution in [0.5, 0.6) is 0 Å². The minimum absolute atomic E-state index is 0.0331. The van der Waals surface area contributed by atoms with Crippen molar-refractivity contribution in [1.82, 2.24) is 15.5 Å². The van der Waals surface area contributed by atoms with Crippen LogP contribution in [0.1, 0.15) is 53.6 Å². The van der Waals surface area contributed by atoms with E-state index < -0.39 is 17.6 Å². The summed E-state index contributed by atoms with van der Waals surface area (Å²) in [5.74, 6) is -0.896. The third-order valence-electron chi connectivity index (χ3n) is 6.14. The molecule has 0 radical (unpaired) electrons. The predicted octanol–water partition coefficient (Wildman–Crippen LogP) is 0.757. The molecule has 3 aliphatic rings. The van der Waals surface area contributed by atoms with Gasteiger partial charge in [-0.1, -0.05) is 18.2 Å². The van der Waals surface area contributed by atoms with E-state index in [0.29, 0.717) is 37.9 Å². The number of amides is 3. The highest BCUT2D eigenvalue weighted by Crippen LogP contribution is 2.34. The fraction of sp³-hybridized carbons (Fsp3) is 0.550. The average Bonchev–Trinajstić information content (AvgIpc) is 3.22. The van der Waals surface area contributed by atoms with Gasteiger partial charge in [-0.3, -0.25) is 19.7 Å². The number of halogens is 1. The predicted molar refractivity (Wildman–Crippen MR) is 99.9 cm³/mol. The molecule has 1 aromatic rings. The number of alkyl halides is 1. The zero-order chi connectivity index (χ0) is 19.9. The Morgan fingerprint density at radius 1 is 1.29 bits per heavy atom. The van der Waals surface area contributed by atoms with Crippen molar-refractivity contribution in [2.24, 2.45) is 5.73 Å². The molecule has 1 aromatic carbocycles. The molecule has 0 aromatic heterocycles. The number of fused-ring (bicyclic) bond motifs is 1. The lowest BCUT2D eigenvalue weighted by Crippen LogP contribution is -2.52. The molecule has 4 N–H and O–H groups in total. The Kier molecular flexibility index (Phi) is 4.93. The molecular formula is C20H25FN4O3. The number of carbonyl (C=O) groups is 3. The van der Waals surface area contributed by atoms with Crippen molar-refractivity contribution >= 4 is 17.7 Å². The first kappa shape index (κ1) is 19.0. The van der Waals surface area contributed by atoms with Crippen molar-refractivity contribution in [3.63, 3.8) is 0 Å². The number of hydrogen-bond donors (Lipinski definition) is 3. The van der Waals surface area contributed by atoms with Crippen molar-refractivity contribution in [1.29, 1.82) is 0 Å². The molecule has 4 rings (SSSR count). The minimum Gasteiger partial charge on any atom is -0.328 e. The number of imide groups is 1. The Morgan fingerprint density at radius 2 is 2.11 bits per heavy atom. The highest BCUT2D eigenvalue weighted by Gasteiger charge is 2.41. The number of nitrogens with one attached hydrogen (secondary N) is 2. The standard InChI is InChI=1S/C20H25FN4O3/c21-20(11-22)7-6-14(8-20)23-9-12-2-1-3-13-10-25(19(28)17(12)13)15-4-5-16(26)24-18(15)27/h1-3,14-15,23H,4-11,22H2,(H,24,26,27)/t14-,15?,20-/m1/s1. The summed E-state index contributed by atoms with van der Waals surface area (Å²) < 4.78 is 14.3. The van der Waals surface area contributed by atoms with Crippen LogP contribution in [-0.4, -0.2) is 46.9 Å². The minimum atomic E-state index is -1.30. The summed E-state index contributed by atoms with van der Waals surface area (Å²) in [7, 11) is 0. The zero-order valence-corrected chi connectivity index (χ0v) is 15.7. The maximum absolute atomic E-state index is 14.3. The van der Waals surface area contributed by atoms with Crippen LogP contribution in [-0.2, 0) is 22.7 Å². The van der Waals surface area contributed by atoms with Crippen molar-refractivity contribution in [3.8, 4) is 0 Å². The molecule has 0 bridgehead atoms. The molecule has 2 fully saturated rings. The van der Waals surface area contributed by atoms with Gasteiger partial charge in [0.1, 0.15) is 11.7 Å². The van der Waals surface area contributed by atoms with E-state index in [-0.39, 0.29) is 30.8 Å². The van der Waals surface area contributed by atoms with Crippen LogP contribution in [0.15, 0.2) is 18.2 Å². The molecule has 0 spiro atoms. The van der Waals surface area contributed by atoms with E-state index in [0.717, 1.165) is 17.5 Å². The first-order valence-electron chi connectivity index (χ1n) is 9.78. The number of rotatable bonds is 5. The third-order valence-corrected chi connectivity index (χ3v) is 6.14. The van der Waals surface area contributed by atoms with Gasteiger partial charge in [0.15, 0.2) is 0 Å². The molecule has 2 aliphatic heterocycles. The number of hydrogen-bond acceptors (Lipinski definition) is 5. The normalized spacial score (nSPS) is 29.9. The summed E-state index contributed by atoms with van der Waals surface area (Å²) in [6.07, 6.45) is 2.14. The molecular weight excluding hydrogens is 363 g/mol. The van der Waals surface area contributed by atoms with Gasteiger partial charge in [0.05, 0.1) is 0 Å². The van der Waals surface area contributed by atoms with Gasteiger partial charge >= 0.3 is 0 Å². The quantitative estimate of drug-likeness (QED) is 0.646. The van der Waals surface area contributed by atoms with Gasteiger partial charge < -0.3 is 16.0 Å². The summed E-state index contributed by atoms with van der Waals surface area (Å²) in [5, 5.41) is 5.67. The van der Waals surface area contributed by atoms with E-state index in [1.807, 2.05) is 18.2 Å². The van der Waals surface area contributed by atoms with E-state index in [4.69, 9.17) is 5.73 Å². The lowest BCUT2D eigenvalue weighted by Gasteiger charge is -2.29. The van der Waals surface area contributed by atoms with Crippen molar-refractivity contribution in [3.05, 3.63) is 34.9 Å². The Bertz CT molecular complexity index is 830. The highest BCUT2D eigenvalue weighted by molar-refractivity contribution is 6.05. The summed E-state index contributed by atoms with van der Waals surface area (Å²) in [4.78, 5) is 38.2. The van der Waals surface area contributed by atoms with Crippen LogP contribution in [0.4, 0.5) is 4.39 Å². The summed E-state index contributed by atoms with van der Waals surface area (Å²) >= 11 is 0. The third kappa shape index (κ3) is 3.42. The summed E-state index contributed by atoms with van der Waals surface area (Å²) in [5.41, 5.74) is 6.57. The summed E-state index contributed by atoms with van der Waals surface area (Å²) in [6.45, 7) is 0.854. The van der Waals surface area contributed by atoms with Gasteiger partial charge in [-0.2, -0.15) is 0 Å². The van der Waals surface area contributed by atoms with E-state index >= 15 is 0 Å². The molecule has 1 saturated carbocycles. The molecule has 1 aliphatic carbocycles. The van der Waals surface area contributed by atoms with Gasteiger partial charge in [0.25, 0.3) is 5.91 Å². The van der Waals surface area contributed by atoms with Crippen LogP contribution >= 0.6 is 0 Å². The Labute approximate surface area is 162 Å². The van der Waals surface area contributed by atoms with Crippen molar-refractivity contribution < 1.29 is 18.8 Å². The van der Waals surface area contributed by atoms with Crippen LogP contribution in [0.2, 0.25) is 0 Å². The molecule has 7 nitrogen and oxygen atoms in total. The van der Waals surface area contributed by atoms with Crippen LogP contribution in [0, 0.1) is 0 Å². The number of nitrogens with zero attached hydrogens (tertiary/aromatic N) is 1. The Balaban J connectivity index is 1.46. The maximum Gasteiger partial charge on any atom is 0.255 e. The second kappa shape index (κ2) is 7.25. The SMILES string of the molecule is NC[C@@]1(F)CC[C@@H](NCc2cccc3c2C(=O)N(C2CCC(=O)NC2=O)C3)C1. The first-order valence-corrected chi connectivity index (χ1v) is 9.78. The molecule has 8 heteroatoms. The topological polar surface area (TPSA) is 105 Å². The van der Waals surface area contributed by atoms with E-state index in [1.165, 1.54) is 0 Å². The van der Waals surface area contributed by atoms with Gasteiger partial charge in [-0.15, -0.1) is 0 Å². The molecule has 150 valence electrons. The second-order valence-corrected chi connectivity index (χ2v) is 8.03. The van der Waals surface area contributed by atoms with Gasteiger partial charge in [-0.25, -0.2) is 4.39 Å². The molecule has 3 atom stereocenters. The van der Waals surface area contributed by atoms with E-state index in [2.05, 4.69) is 10.6 Å². The van der Waals surface area contributed by atoms with Crippen LogP contribution < -0.4 is 16.4 Å². The van der Waals surface area contributed by atoms with Gasteiger partial charge in [0, 0.05) is 37.7 Å². The smallest absolute Gasteiger partial charge is 0.255 e. The van der Waals surface area contributed by atoms with Gasteiger partial charge in [0.2, 0.25) is 11.8 Å². The van der Waals surface area contributed by atoms with E-state index in [1.54, 1.807) is 4.90 Å². The van der Waals surface area contributed by atoms with Crippen LogP contribution in [0.3, 0.4) is 0 Å². The summed E-state index contributed by atoms with van der Waals surface area (Å²) in [6, 6.07) is 5.08. The molecule has 3 amide bonds. The fourth-order valence-corrected chi connectivity index (χ4v) is 4.53. The number of nitrogens with two attached hydrogens (primary N) is 1. The number of benzene rings is 1. The Hall–Kier alpha value is -2.32. The largest absolute Gasteiger partial charge is 0.328 e. The van der Waals surface area contributed by atoms with Crippen molar-refractivity contribution in [2.75, 3.05) is 6.54 Å². The van der Waals surface area contributed by atoms with Gasteiger partial charge in [-0.05, 0) is 36.8 Å². The molecule has 28 heavy (non-hydrogen) atoms. The van der Waals surface area contributed by atoms with Crippen molar-refractivity contribution in [2.45, 2.75) is 62.9 Å². The van der Waals surface area contributed by atoms with E-state index in [9.17, 15) is 18.8 Å². The molecule has 2 heterocycles. The second-order valence-electron chi connectivity index (χ2n) is 8.03.